The van der Waals surface area contributed by atoms with Gasteiger partial charge in [-0.15, -0.1) is 6.42 Å². The number of carbonyl (C=O) groups excluding carboxylic acids is 2. The zero-order chi connectivity index (χ0) is 17.6. The molecule has 0 radical (unpaired) electrons. The lowest BCUT2D eigenvalue weighted by Crippen LogP contribution is -2.32. The lowest BCUT2D eigenvalue weighted by Gasteiger charge is -2.08. The summed E-state index contributed by atoms with van der Waals surface area (Å²) in [4.78, 5) is 23.4. The van der Waals surface area contributed by atoms with E-state index < -0.39 is 5.91 Å². The summed E-state index contributed by atoms with van der Waals surface area (Å²) in [6, 6.07) is 6.22. The molecule has 1 rings (SSSR count). The number of carbonyl (C=O) groups is 2. The molecule has 0 saturated carbocycles. The van der Waals surface area contributed by atoms with Crippen LogP contribution in [0.3, 0.4) is 0 Å². The van der Waals surface area contributed by atoms with Gasteiger partial charge in [0.1, 0.15) is 12.4 Å². The van der Waals surface area contributed by atoms with E-state index in [4.69, 9.17) is 15.9 Å². The Morgan fingerprint density at radius 3 is 2.58 bits per heavy atom. The Bertz CT molecular complexity index is 568. The van der Waals surface area contributed by atoms with E-state index in [0.29, 0.717) is 26.4 Å². The number of nitrogens with one attached hydrogen (secondary N) is 2. The summed E-state index contributed by atoms with van der Waals surface area (Å²) in [5.41, 5.74) is 0.179. The molecule has 3 N–H and O–H groups in total. The molecule has 7 heteroatoms. The van der Waals surface area contributed by atoms with E-state index >= 15 is 0 Å². The van der Waals surface area contributed by atoms with Crippen molar-refractivity contribution in [3.63, 3.8) is 0 Å². The molecule has 0 heterocycles. The van der Waals surface area contributed by atoms with Gasteiger partial charge < -0.3 is 25.2 Å². The van der Waals surface area contributed by atoms with E-state index in [-0.39, 0.29) is 36.8 Å². The zero-order valence-corrected chi connectivity index (χ0v) is 13.4. The first-order valence-corrected chi connectivity index (χ1v) is 7.57. The highest BCUT2D eigenvalue weighted by atomic mass is 16.5. The molecular formula is C17H22N2O5. The monoisotopic (exact) mass is 334 g/mol. The van der Waals surface area contributed by atoms with E-state index in [2.05, 4.69) is 16.6 Å². The molecule has 0 atom stereocenters. The Labute approximate surface area is 141 Å². The first-order chi connectivity index (χ1) is 11.6. The molecule has 0 saturated heterocycles. The Hall–Kier alpha value is -2.56. The molecule has 0 aliphatic rings. The van der Waals surface area contributed by atoms with E-state index in [0.717, 1.165) is 0 Å². The second-order valence-corrected chi connectivity index (χ2v) is 4.74. The number of hydrogen-bond donors (Lipinski definition) is 3. The fourth-order valence-corrected chi connectivity index (χ4v) is 1.75. The number of amides is 2. The number of benzene rings is 1. The van der Waals surface area contributed by atoms with Crippen molar-refractivity contribution in [2.24, 2.45) is 0 Å². The Balaban J connectivity index is 2.05. The van der Waals surface area contributed by atoms with Gasteiger partial charge in [0.25, 0.3) is 5.91 Å². The summed E-state index contributed by atoms with van der Waals surface area (Å²) in [5, 5.41) is 14.8. The summed E-state index contributed by atoms with van der Waals surface area (Å²) < 4.78 is 10.3. The van der Waals surface area contributed by atoms with Crippen LogP contribution in [0.25, 0.3) is 0 Å². The SMILES string of the molecule is C#CCOCCOCCNC(=O)CCNC(=O)c1ccccc1O. The average Bonchev–Trinajstić information content (AvgIpc) is 2.57. The maximum atomic E-state index is 11.8. The minimum Gasteiger partial charge on any atom is -0.507 e. The van der Waals surface area contributed by atoms with E-state index in [9.17, 15) is 14.7 Å². The molecule has 0 aliphatic heterocycles. The molecule has 130 valence electrons. The third kappa shape index (κ3) is 8.17. The van der Waals surface area contributed by atoms with Crippen molar-refractivity contribution in [3.8, 4) is 18.1 Å². The van der Waals surface area contributed by atoms with Crippen LogP contribution in [0.15, 0.2) is 24.3 Å². The maximum absolute atomic E-state index is 11.8. The molecule has 1 aromatic rings. The molecule has 7 nitrogen and oxygen atoms in total. The van der Waals surface area contributed by atoms with Crippen molar-refractivity contribution in [1.29, 1.82) is 0 Å². The smallest absolute Gasteiger partial charge is 0.255 e. The third-order valence-corrected chi connectivity index (χ3v) is 2.91. The zero-order valence-electron chi connectivity index (χ0n) is 13.4. The number of phenols is 1. The average molecular weight is 334 g/mol. The van der Waals surface area contributed by atoms with E-state index in [1.807, 2.05) is 0 Å². The lowest BCUT2D eigenvalue weighted by molar-refractivity contribution is -0.121. The first-order valence-electron chi connectivity index (χ1n) is 7.57. The Kier molecular flexibility index (Phi) is 9.69. The molecule has 0 bridgehead atoms. The Morgan fingerprint density at radius 2 is 1.83 bits per heavy atom. The van der Waals surface area contributed by atoms with Crippen molar-refractivity contribution in [2.45, 2.75) is 6.42 Å². The fraction of sp³-hybridized carbons (Fsp3) is 0.412. The number of para-hydroxylation sites is 1. The Morgan fingerprint density at radius 1 is 1.08 bits per heavy atom. The van der Waals surface area contributed by atoms with Crippen LogP contribution in [0, 0.1) is 12.3 Å². The maximum Gasteiger partial charge on any atom is 0.255 e. The molecule has 0 aliphatic carbocycles. The third-order valence-electron chi connectivity index (χ3n) is 2.91. The molecule has 0 spiro atoms. The minimum atomic E-state index is -0.420. The summed E-state index contributed by atoms with van der Waals surface area (Å²) in [6.07, 6.45) is 5.16. The largest absolute Gasteiger partial charge is 0.507 e. The van der Waals surface area contributed by atoms with Gasteiger partial charge in [0.05, 0.1) is 25.4 Å². The molecule has 1 aromatic carbocycles. The van der Waals surface area contributed by atoms with Crippen LogP contribution in [0.4, 0.5) is 0 Å². The van der Waals surface area contributed by atoms with Crippen LogP contribution < -0.4 is 10.6 Å². The highest BCUT2D eigenvalue weighted by molar-refractivity contribution is 5.96. The van der Waals surface area contributed by atoms with E-state index in [1.54, 1.807) is 12.1 Å². The van der Waals surface area contributed by atoms with Crippen LogP contribution in [0.5, 0.6) is 5.75 Å². The molecule has 24 heavy (non-hydrogen) atoms. The normalized spacial score (nSPS) is 9.96. The number of aromatic hydroxyl groups is 1. The fourth-order valence-electron chi connectivity index (χ4n) is 1.75. The molecule has 2 amide bonds. The highest BCUT2D eigenvalue weighted by Gasteiger charge is 2.10. The van der Waals surface area contributed by atoms with Gasteiger partial charge in [0.2, 0.25) is 5.91 Å². The minimum absolute atomic E-state index is 0.0946. The van der Waals surface area contributed by atoms with Crippen molar-refractivity contribution in [1.82, 2.24) is 10.6 Å². The molecular weight excluding hydrogens is 312 g/mol. The van der Waals surface area contributed by atoms with Gasteiger partial charge in [-0.1, -0.05) is 18.1 Å². The summed E-state index contributed by atoms with van der Waals surface area (Å²) >= 11 is 0. The predicted molar refractivity (Wildman–Crippen MR) is 88.5 cm³/mol. The van der Waals surface area contributed by atoms with Gasteiger partial charge in [-0.2, -0.15) is 0 Å². The van der Waals surface area contributed by atoms with Gasteiger partial charge >= 0.3 is 0 Å². The second-order valence-electron chi connectivity index (χ2n) is 4.74. The van der Waals surface area contributed by atoms with Crippen LogP contribution in [-0.4, -0.2) is 56.4 Å². The van der Waals surface area contributed by atoms with Crippen molar-refractivity contribution >= 4 is 11.8 Å². The van der Waals surface area contributed by atoms with Crippen molar-refractivity contribution in [3.05, 3.63) is 29.8 Å². The summed E-state index contributed by atoms with van der Waals surface area (Å²) in [7, 11) is 0. The number of hydrogen-bond acceptors (Lipinski definition) is 5. The van der Waals surface area contributed by atoms with Crippen LogP contribution in [0.1, 0.15) is 16.8 Å². The van der Waals surface area contributed by atoms with Gasteiger partial charge in [0.15, 0.2) is 0 Å². The van der Waals surface area contributed by atoms with Gasteiger partial charge in [-0.3, -0.25) is 9.59 Å². The quantitative estimate of drug-likeness (QED) is 0.399. The standard InChI is InChI=1S/C17H22N2O5/c1-2-10-23-12-13-24-11-9-18-16(21)7-8-19-17(22)14-5-3-4-6-15(14)20/h1,3-6,20H,7-13H2,(H,18,21)(H,19,22). The van der Waals surface area contributed by atoms with Gasteiger partial charge in [-0.05, 0) is 12.1 Å². The molecule has 0 fully saturated rings. The molecule has 0 aromatic heterocycles. The van der Waals surface area contributed by atoms with Gasteiger partial charge in [0, 0.05) is 19.5 Å². The first kappa shape index (κ1) is 19.5. The lowest BCUT2D eigenvalue weighted by atomic mass is 10.2. The van der Waals surface area contributed by atoms with E-state index in [1.165, 1.54) is 12.1 Å². The number of ether oxygens (including phenoxy) is 2. The molecule has 0 unspecified atom stereocenters. The van der Waals surface area contributed by atoms with Crippen molar-refractivity contribution in [2.75, 3.05) is 39.5 Å². The second kappa shape index (κ2) is 11.9. The number of terminal acetylenes is 1. The van der Waals surface area contributed by atoms with Crippen LogP contribution in [-0.2, 0) is 14.3 Å². The highest BCUT2D eigenvalue weighted by Crippen LogP contribution is 2.14. The predicted octanol–water partition coefficient (Wildman–Crippen LogP) is 0.295. The van der Waals surface area contributed by atoms with Crippen LogP contribution >= 0.6 is 0 Å². The van der Waals surface area contributed by atoms with Gasteiger partial charge in [-0.25, -0.2) is 0 Å². The number of rotatable bonds is 11. The topological polar surface area (TPSA) is 96.9 Å². The summed E-state index contributed by atoms with van der Waals surface area (Å²) in [6.45, 7) is 2.01. The summed E-state index contributed by atoms with van der Waals surface area (Å²) in [5.74, 6) is 1.64. The van der Waals surface area contributed by atoms with Crippen molar-refractivity contribution < 1.29 is 24.2 Å². The number of phenolic OH excluding ortho intramolecular Hbond substituents is 1. The van der Waals surface area contributed by atoms with Crippen LogP contribution in [0.2, 0.25) is 0 Å².